The highest BCUT2D eigenvalue weighted by Crippen LogP contribution is 2.30. The Morgan fingerprint density at radius 1 is 0.771 bits per heavy atom. The van der Waals surface area contributed by atoms with Gasteiger partial charge in [-0.1, -0.05) is 100.0 Å². The van der Waals surface area contributed by atoms with Crippen molar-refractivity contribution in [2.45, 2.75) is 65.7 Å². The van der Waals surface area contributed by atoms with Crippen molar-refractivity contribution < 1.29 is 4.79 Å². The number of nitrogens with zero attached hydrogens (tertiary/aromatic N) is 1. The van der Waals surface area contributed by atoms with E-state index >= 15 is 0 Å². The van der Waals surface area contributed by atoms with Crippen LogP contribution in [0.4, 0.5) is 0 Å². The number of carbonyl (C=O) groups excluding carboxylic acids is 1. The molecule has 2 heteroatoms. The van der Waals surface area contributed by atoms with E-state index in [1.165, 1.54) is 64.6 Å². The predicted molar refractivity (Wildman–Crippen MR) is 151 cm³/mol. The molecular formula is C33H41NO. The minimum absolute atomic E-state index is 0.0267. The Labute approximate surface area is 212 Å². The molecule has 0 atom stereocenters. The van der Waals surface area contributed by atoms with Crippen LogP contribution in [0.3, 0.4) is 0 Å². The summed E-state index contributed by atoms with van der Waals surface area (Å²) in [6, 6.07) is 24.9. The minimum atomic E-state index is 0.0267. The monoisotopic (exact) mass is 467 g/mol. The van der Waals surface area contributed by atoms with Crippen LogP contribution in [0.25, 0.3) is 22.3 Å². The smallest absolute Gasteiger partial charge is 0.248 e. The number of rotatable bonds is 12. The minimum Gasteiger partial charge on any atom is -0.342 e. The summed E-state index contributed by atoms with van der Waals surface area (Å²) in [4.78, 5) is 13.7. The summed E-state index contributed by atoms with van der Waals surface area (Å²) in [5.74, 6) is 0.0267. The SMILES string of the molecule is C=C(C)C(=O)N(C)CCCc1ccc(-c2ccc(-c3ccc(CCCCC)cc3)cc2CC)cc1. The van der Waals surface area contributed by atoms with Crippen molar-refractivity contribution in [3.05, 3.63) is 95.6 Å². The molecule has 0 bridgehead atoms. The van der Waals surface area contributed by atoms with Gasteiger partial charge < -0.3 is 4.90 Å². The molecule has 0 fully saturated rings. The zero-order valence-electron chi connectivity index (χ0n) is 22.1. The topological polar surface area (TPSA) is 20.3 Å². The molecule has 0 N–H and O–H groups in total. The van der Waals surface area contributed by atoms with E-state index in [0.29, 0.717) is 5.57 Å². The first-order chi connectivity index (χ1) is 16.9. The fourth-order valence-electron chi connectivity index (χ4n) is 4.59. The van der Waals surface area contributed by atoms with Crippen molar-refractivity contribution in [1.82, 2.24) is 4.90 Å². The average molecular weight is 468 g/mol. The zero-order valence-corrected chi connectivity index (χ0v) is 22.1. The average Bonchev–Trinajstić information content (AvgIpc) is 2.88. The third-order valence-corrected chi connectivity index (χ3v) is 6.78. The molecule has 1 amide bonds. The lowest BCUT2D eigenvalue weighted by molar-refractivity contribution is -0.125. The maximum absolute atomic E-state index is 12.0. The van der Waals surface area contributed by atoms with Gasteiger partial charge in [0.15, 0.2) is 0 Å². The predicted octanol–water partition coefficient (Wildman–Crippen LogP) is 8.28. The van der Waals surface area contributed by atoms with E-state index in [1.807, 2.05) is 7.05 Å². The number of amides is 1. The van der Waals surface area contributed by atoms with Gasteiger partial charge in [-0.15, -0.1) is 0 Å². The number of unbranched alkanes of at least 4 members (excludes halogenated alkanes) is 2. The van der Waals surface area contributed by atoms with Gasteiger partial charge in [0.1, 0.15) is 0 Å². The summed E-state index contributed by atoms with van der Waals surface area (Å²) in [7, 11) is 1.85. The van der Waals surface area contributed by atoms with Crippen LogP contribution in [0.5, 0.6) is 0 Å². The number of likely N-dealkylation sites (N-methyl/N-ethyl adjacent to an activating group) is 1. The zero-order chi connectivity index (χ0) is 25.2. The lowest BCUT2D eigenvalue weighted by Gasteiger charge is -2.17. The van der Waals surface area contributed by atoms with Gasteiger partial charge in [0, 0.05) is 19.2 Å². The Balaban J connectivity index is 1.65. The highest BCUT2D eigenvalue weighted by atomic mass is 16.2. The van der Waals surface area contributed by atoms with E-state index < -0.39 is 0 Å². The van der Waals surface area contributed by atoms with Crippen molar-refractivity contribution in [2.24, 2.45) is 0 Å². The van der Waals surface area contributed by atoms with E-state index in [9.17, 15) is 4.79 Å². The van der Waals surface area contributed by atoms with Gasteiger partial charge in [-0.25, -0.2) is 0 Å². The molecule has 0 aliphatic heterocycles. The Bertz CT molecular complexity index is 1110. The third kappa shape index (κ3) is 7.42. The van der Waals surface area contributed by atoms with Crippen molar-refractivity contribution in [3.8, 4) is 22.3 Å². The van der Waals surface area contributed by atoms with Crippen LogP contribution in [0.1, 0.15) is 63.1 Å². The number of carbonyl (C=O) groups is 1. The normalized spacial score (nSPS) is 10.9. The summed E-state index contributed by atoms with van der Waals surface area (Å²) < 4.78 is 0. The molecule has 3 rings (SSSR count). The van der Waals surface area contributed by atoms with Gasteiger partial charge in [-0.2, -0.15) is 0 Å². The summed E-state index contributed by atoms with van der Waals surface area (Å²) in [5, 5.41) is 0. The molecule has 0 aliphatic rings. The second-order valence-electron chi connectivity index (χ2n) is 9.69. The lowest BCUT2D eigenvalue weighted by Crippen LogP contribution is -2.28. The van der Waals surface area contributed by atoms with Crippen LogP contribution >= 0.6 is 0 Å². The lowest BCUT2D eigenvalue weighted by atomic mass is 9.92. The van der Waals surface area contributed by atoms with Gasteiger partial charge in [0.2, 0.25) is 5.91 Å². The molecule has 0 radical (unpaired) electrons. The molecule has 3 aromatic carbocycles. The molecule has 0 spiro atoms. The maximum Gasteiger partial charge on any atom is 0.248 e. The fourth-order valence-corrected chi connectivity index (χ4v) is 4.59. The van der Waals surface area contributed by atoms with Crippen molar-refractivity contribution in [3.63, 3.8) is 0 Å². The van der Waals surface area contributed by atoms with E-state index in [-0.39, 0.29) is 5.91 Å². The van der Waals surface area contributed by atoms with Gasteiger partial charge in [0.25, 0.3) is 0 Å². The molecule has 0 aliphatic carbocycles. The molecule has 0 aromatic heterocycles. The van der Waals surface area contributed by atoms with E-state index in [0.717, 1.165) is 25.8 Å². The second kappa shape index (κ2) is 13.1. The van der Waals surface area contributed by atoms with Crippen molar-refractivity contribution in [2.75, 3.05) is 13.6 Å². The molecule has 2 nitrogen and oxygen atoms in total. The van der Waals surface area contributed by atoms with Gasteiger partial charge >= 0.3 is 0 Å². The van der Waals surface area contributed by atoms with Crippen molar-refractivity contribution in [1.29, 1.82) is 0 Å². The van der Waals surface area contributed by atoms with Crippen LogP contribution in [-0.4, -0.2) is 24.4 Å². The second-order valence-corrected chi connectivity index (χ2v) is 9.69. The van der Waals surface area contributed by atoms with Crippen LogP contribution < -0.4 is 0 Å². The van der Waals surface area contributed by atoms with E-state index in [4.69, 9.17) is 0 Å². The molecule has 184 valence electrons. The van der Waals surface area contributed by atoms with Crippen LogP contribution in [0.15, 0.2) is 78.9 Å². The van der Waals surface area contributed by atoms with Gasteiger partial charge in [-0.05, 0) is 78.0 Å². The fraction of sp³-hybridized carbons (Fsp3) is 0.364. The summed E-state index contributed by atoms with van der Waals surface area (Å²) >= 11 is 0. The van der Waals surface area contributed by atoms with Gasteiger partial charge in [-0.3, -0.25) is 4.79 Å². The Morgan fingerprint density at radius 2 is 1.34 bits per heavy atom. The van der Waals surface area contributed by atoms with Crippen LogP contribution in [-0.2, 0) is 24.1 Å². The molecule has 0 saturated heterocycles. The maximum atomic E-state index is 12.0. The number of benzene rings is 3. The molecule has 0 saturated carbocycles. The van der Waals surface area contributed by atoms with Crippen LogP contribution in [0, 0.1) is 0 Å². The summed E-state index contributed by atoms with van der Waals surface area (Å²) in [5.41, 5.74) is 9.86. The summed E-state index contributed by atoms with van der Waals surface area (Å²) in [6.45, 7) is 10.7. The van der Waals surface area contributed by atoms with Crippen molar-refractivity contribution >= 4 is 5.91 Å². The third-order valence-electron chi connectivity index (χ3n) is 6.78. The first-order valence-electron chi connectivity index (χ1n) is 13.2. The number of hydrogen-bond donors (Lipinski definition) is 0. The van der Waals surface area contributed by atoms with Crippen LogP contribution in [0.2, 0.25) is 0 Å². The molecular weight excluding hydrogens is 426 g/mol. The first-order valence-corrected chi connectivity index (χ1v) is 13.2. The Kier molecular flexibility index (Phi) is 9.90. The highest BCUT2D eigenvalue weighted by molar-refractivity contribution is 5.91. The number of hydrogen-bond acceptors (Lipinski definition) is 1. The Hall–Kier alpha value is -3.13. The highest BCUT2D eigenvalue weighted by Gasteiger charge is 2.10. The van der Waals surface area contributed by atoms with Gasteiger partial charge in [0.05, 0.1) is 0 Å². The number of aryl methyl sites for hydroxylation is 3. The largest absolute Gasteiger partial charge is 0.342 e. The summed E-state index contributed by atoms with van der Waals surface area (Å²) in [6.07, 6.45) is 7.93. The first kappa shape index (κ1) is 26.5. The molecule has 35 heavy (non-hydrogen) atoms. The quantitative estimate of drug-likeness (QED) is 0.194. The molecule has 0 heterocycles. The molecule has 0 unspecified atom stereocenters. The Morgan fingerprint density at radius 3 is 1.91 bits per heavy atom. The molecule has 3 aromatic rings. The van der Waals surface area contributed by atoms with E-state index in [1.54, 1.807) is 11.8 Å². The standard InChI is InChI=1S/C33H41NO/c1-6-8-9-11-26-13-17-29(18-14-26)31-21-22-32(28(7-2)24-31)30-19-15-27(16-20-30)12-10-23-34(5)33(35)25(3)4/h13-22,24H,3,6-12,23H2,1-2,4-5H3. The van der Waals surface area contributed by atoms with E-state index in [2.05, 4.69) is 87.2 Å².